The first kappa shape index (κ1) is 28.2. The fourth-order valence-corrected chi connectivity index (χ4v) is 4.80. The highest BCUT2D eigenvalue weighted by atomic mass is 16.6. The van der Waals surface area contributed by atoms with E-state index >= 15 is 0 Å². The molecular formula is C32H32N4O4. The molecular weight excluding hydrogens is 504 g/mol. The van der Waals surface area contributed by atoms with E-state index in [1.807, 2.05) is 54.6 Å². The van der Waals surface area contributed by atoms with E-state index < -0.39 is 11.0 Å². The minimum Gasteiger partial charge on any atom is -0.396 e. The first-order valence-electron chi connectivity index (χ1n) is 13.0. The number of nitrogens with two attached hydrogens (primary N) is 1. The van der Waals surface area contributed by atoms with Crippen molar-refractivity contribution in [2.75, 3.05) is 6.61 Å². The number of rotatable bonds is 11. The molecule has 2 atom stereocenters. The number of nitrogens with one attached hydrogen (secondary N) is 2. The Labute approximate surface area is 233 Å². The van der Waals surface area contributed by atoms with Crippen molar-refractivity contribution >= 4 is 17.4 Å². The van der Waals surface area contributed by atoms with Crippen LogP contribution in [0.3, 0.4) is 0 Å². The Morgan fingerprint density at radius 1 is 0.925 bits per heavy atom. The van der Waals surface area contributed by atoms with Crippen molar-refractivity contribution in [1.82, 2.24) is 5.32 Å². The van der Waals surface area contributed by atoms with Crippen LogP contribution in [0.2, 0.25) is 0 Å². The molecule has 204 valence electrons. The molecule has 0 aliphatic rings. The van der Waals surface area contributed by atoms with E-state index in [0.717, 1.165) is 16.7 Å². The summed E-state index contributed by atoms with van der Waals surface area (Å²) in [4.78, 5) is 24.6. The van der Waals surface area contributed by atoms with Crippen LogP contribution in [-0.2, 0) is 12.8 Å². The van der Waals surface area contributed by atoms with Gasteiger partial charge in [-0.3, -0.25) is 20.3 Å². The normalized spacial score (nSPS) is 12.3. The van der Waals surface area contributed by atoms with Gasteiger partial charge in [-0.1, -0.05) is 66.7 Å². The summed E-state index contributed by atoms with van der Waals surface area (Å²) in [5.74, 6) is -0.640. The van der Waals surface area contributed by atoms with Gasteiger partial charge in [0.25, 0.3) is 11.6 Å². The standard InChI is InChI=1S/C32H32N4O4/c1-21-10-15-28(30(16-21)36(39)40)24-11-13-25(14-12-24)32(38)35-29(19-22-6-3-2-4-7-22)27(20-37)18-23-8-5-9-26(17-23)31(33)34/h2-17,27,29,37H,18-20H2,1H3,(H3,33,34)(H,35,38). The summed E-state index contributed by atoms with van der Waals surface area (Å²) in [5.41, 5.74) is 10.5. The van der Waals surface area contributed by atoms with Gasteiger partial charge < -0.3 is 16.2 Å². The number of carbonyl (C=O) groups is 1. The van der Waals surface area contributed by atoms with Gasteiger partial charge in [0.05, 0.1) is 10.5 Å². The zero-order valence-electron chi connectivity index (χ0n) is 22.2. The predicted molar refractivity (Wildman–Crippen MR) is 156 cm³/mol. The van der Waals surface area contributed by atoms with Gasteiger partial charge in [0.1, 0.15) is 5.84 Å². The second-order valence-corrected chi connectivity index (χ2v) is 9.89. The van der Waals surface area contributed by atoms with Gasteiger partial charge in [0.15, 0.2) is 0 Å². The quantitative estimate of drug-likeness (QED) is 0.0919. The zero-order valence-corrected chi connectivity index (χ0v) is 22.2. The number of amidine groups is 1. The fraction of sp³-hybridized carbons (Fsp3) is 0.188. The van der Waals surface area contributed by atoms with E-state index in [0.29, 0.717) is 35.1 Å². The maximum atomic E-state index is 13.4. The number of nitrogen functional groups attached to an aromatic ring is 1. The van der Waals surface area contributed by atoms with Crippen LogP contribution in [0.5, 0.6) is 0 Å². The van der Waals surface area contributed by atoms with Gasteiger partial charge in [-0.15, -0.1) is 0 Å². The summed E-state index contributed by atoms with van der Waals surface area (Å²) in [5, 5.41) is 32.8. The Balaban J connectivity index is 1.57. The van der Waals surface area contributed by atoms with Gasteiger partial charge in [0, 0.05) is 35.8 Å². The van der Waals surface area contributed by atoms with Crippen molar-refractivity contribution < 1.29 is 14.8 Å². The smallest absolute Gasteiger partial charge is 0.277 e. The van der Waals surface area contributed by atoms with Gasteiger partial charge in [-0.25, -0.2) is 0 Å². The number of aryl methyl sites for hydroxylation is 1. The van der Waals surface area contributed by atoms with Crippen LogP contribution in [0.1, 0.15) is 32.6 Å². The number of amides is 1. The van der Waals surface area contributed by atoms with E-state index in [-0.39, 0.29) is 30.0 Å². The lowest BCUT2D eigenvalue weighted by atomic mass is 9.88. The molecule has 4 aromatic rings. The number of aliphatic hydroxyl groups is 1. The minimum atomic E-state index is -0.404. The maximum Gasteiger partial charge on any atom is 0.277 e. The molecule has 0 spiro atoms. The van der Waals surface area contributed by atoms with E-state index in [1.54, 1.807) is 43.3 Å². The molecule has 4 aromatic carbocycles. The van der Waals surface area contributed by atoms with Crippen molar-refractivity contribution in [2.24, 2.45) is 11.7 Å². The van der Waals surface area contributed by atoms with Crippen molar-refractivity contribution in [2.45, 2.75) is 25.8 Å². The molecule has 5 N–H and O–H groups in total. The third-order valence-corrected chi connectivity index (χ3v) is 6.96. The summed E-state index contributed by atoms with van der Waals surface area (Å²) in [6.45, 7) is 1.65. The zero-order chi connectivity index (χ0) is 28.6. The number of hydrogen-bond acceptors (Lipinski definition) is 5. The van der Waals surface area contributed by atoms with Crippen molar-refractivity contribution in [1.29, 1.82) is 5.41 Å². The van der Waals surface area contributed by atoms with Crippen molar-refractivity contribution in [3.8, 4) is 11.1 Å². The SMILES string of the molecule is Cc1ccc(-c2ccc(C(=O)NC(Cc3ccccc3)C(CO)Cc3cccc(C(=N)N)c3)cc2)c([N+](=O)[O-])c1. The van der Waals surface area contributed by atoms with Crippen LogP contribution in [0.15, 0.2) is 97.1 Å². The largest absolute Gasteiger partial charge is 0.396 e. The molecule has 0 aliphatic heterocycles. The summed E-state index contributed by atoms with van der Waals surface area (Å²) in [7, 11) is 0. The van der Waals surface area contributed by atoms with Gasteiger partial charge in [-0.05, 0) is 66.3 Å². The number of aliphatic hydroxyl groups excluding tert-OH is 1. The molecule has 1 amide bonds. The molecule has 40 heavy (non-hydrogen) atoms. The molecule has 0 heterocycles. The Morgan fingerprint density at radius 2 is 1.62 bits per heavy atom. The third kappa shape index (κ3) is 6.98. The second kappa shape index (κ2) is 12.8. The minimum absolute atomic E-state index is 0.0137. The van der Waals surface area contributed by atoms with Crippen LogP contribution in [0.25, 0.3) is 11.1 Å². The first-order valence-corrected chi connectivity index (χ1v) is 13.0. The molecule has 0 saturated carbocycles. The Bertz CT molecular complexity index is 1500. The summed E-state index contributed by atoms with van der Waals surface area (Å²) in [6, 6.07) is 28.5. The number of carbonyl (C=O) groups excluding carboxylic acids is 1. The molecule has 8 heteroatoms. The van der Waals surface area contributed by atoms with Crippen LogP contribution < -0.4 is 11.1 Å². The summed E-state index contributed by atoms with van der Waals surface area (Å²) < 4.78 is 0. The van der Waals surface area contributed by atoms with Crippen LogP contribution in [0, 0.1) is 28.4 Å². The van der Waals surface area contributed by atoms with Gasteiger partial charge >= 0.3 is 0 Å². The lowest BCUT2D eigenvalue weighted by Crippen LogP contribution is -2.44. The molecule has 0 aromatic heterocycles. The second-order valence-electron chi connectivity index (χ2n) is 9.89. The molecule has 0 saturated heterocycles. The average molecular weight is 537 g/mol. The van der Waals surface area contributed by atoms with E-state index in [1.165, 1.54) is 6.07 Å². The number of nitro groups is 1. The first-order chi connectivity index (χ1) is 19.2. The van der Waals surface area contributed by atoms with E-state index in [2.05, 4.69) is 5.32 Å². The Morgan fingerprint density at radius 3 is 2.27 bits per heavy atom. The highest BCUT2D eigenvalue weighted by molar-refractivity contribution is 5.95. The topological polar surface area (TPSA) is 142 Å². The fourth-order valence-electron chi connectivity index (χ4n) is 4.80. The molecule has 2 unspecified atom stereocenters. The van der Waals surface area contributed by atoms with Crippen molar-refractivity contribution in [3.63, 3.8) is 0 Å². The average Bonchev–Trinajstić information content (AvgIpc) is 2.96. The molecule has 0 bridgehead atoms. The van der Waals surface area contributed by atoms with Gasteiger partial charge in [-0.2, -0.15) is 0 Å². The van der Waals surface area contributed by atoms with Crippen LogP contribution in [0.4, 0.5) is 5.69 Å². The van der Waals surface area contributed by atoms with E-state index in [4.69, 9.17) is 11.1 Å². The summed E-state index contributed by atoms with van der Waals surface area (Å²) >= 11 is 0. The summed E-state index contributed by atoms with van der Waals surface area (Å²) in [6.07, 6.45) is 0.989. The number of nitro benzene ring substituents is 1. The lowest BCUT2D eigenvalue weighted by Gasteiger charge is -2.27. The predicted octanol–water partition coefficient (Wildman–Crippen LogP) is 5.05. The molecule has 0 radical (unpaired) electrons. The van der Waals surface area contributed by atoms with Crippen molar-refractivity contribution in [3.05, 3.63) is 135 Å². The number of benzene rings is 4. The number of hydrogen-bond donors (Lipinski definition) is 4. The Hall–Kier alpha value is -4.82. The monoisotopic (exact) mass is 536 g/mol. The van der Waals surface area contributed by atoms with Crippen LogP contribution >= 0.6 is 0 Å². The van der Waals surface area contributed by atoms with E-state index in [9.17, 15) is 20.0 Å². The Kier molecular flexibility index (Phi) is 9.04. The lowest BCUT2D eigenvalue weighted by molar-refractivity contribution is -0.384. The highest BCUT2D eigenvalue weighted by Gasteiger charge is 2.25. The molecule has 4 rings (SSSR count). The maximum absolute atomic E-state index is 13.4. The molecule has 8 nitrogen and oxygen atoms in total. The molecule has 0 fully saturated rings. The number of nitrogens with zero attached hydrogens (tertiary/aromatic N) is 1. The highest BCUT2D eigenvalue weighted by Crippen LogP contribution is 2.31. The third-order valence-electron chi connectivity index (χ3n) is 6.96. The van der Waals surface area contributed by atoms with Crippen LogP contribution in [-0.4, -0.2) is 34.4 Å². The van der Waals surface area contributed by atoms with Gasteiger partial charge in [0.2, 0.25) is 0 Å². The molecule has 0 aliphatic carbocycles.